The van der Waals surface area contributed by atoms with Crippen molar-refractivity contribution in [3.63, 3.8) is 0 Å². The van der Waals surface area contributed by atoms with Gasteiger partial charge in [0.2, 0.25) is 5.91 Å². The SMILES string of the molecule is COc1cccc(N2CC(NC(=O)NCCN(C)C)CC2=O)c1. The Morgan fingerprint density at radius 2 is 2.22 bits per heavy atom. The molecule has 1 heterocycles. The number of ether oxygens (including phenoxy) is 1. The minimum atomic E-state index is -0.239. The number of nitrogens with zero attached hydrogens (tertiary/aromatic N) is 2. The van der Waals surface area contributed by atoms with Crippen molar-refractivity contribution in [2.24, 2.45) is 0 Å². The molecule has 1 atom stereocenters. The Morgan fingerprint density at radius 1 is 1.43 bits per heavy atom. The van der Waals surface area contributed by atoms with E-state index in [4.69, 9.17) is 4.74 Å². The molecule has 7 heteroatoms. The maximum absolute atomic E-state index is 12.2. The van der Waals surface area contributed by atoms with E-state index in [0.717, 1.165) is 12.2 Å². The minimum absolute atomic E-state index is 0.00292. The molecule has 23 heavy (non-hydrogen) atoms. The summed E-state index contributed by atoms with van der Waals surface area (Å²) in [5.41, 5.74) is 0.784. The first-order valence-electron chi connectivity index (χ1n) is 7.63. The summed E-state index contributed by atoms with van der Waals surface area (Å²) >= 11 is 0. The van der Waals surface area contributed by atoms with Gasteiger partial charge in [0.25, 0.3) is 0 Å². The molecule has 0 spiro atoms. The predicted octanol–water partition coefficient (Wildman–Crippen LogP) is 0.661. The van der Waals surface area contributed by atoms with Crippen molar-refractivity contribution < 1.29 is 14.3 Å². The normalized spacial score (nSPS) is 17.5. The number of anilines is 1. The van der Waals surface area contributed by atoms with Gasteiger partial charge in [0, 0.05) is 37.8 Å². The van der Waals surface area contributed by atoms with Crippen molar-refractivity contribution in [2.45, 2.75) is 12.5 Å². The number of nitrogens with one attached hydrogen (secondary N) is 2. The average molecular weight is 320 g/mol. The van der Waals surface area contributed by atoms with E-state index in [1.807, 2.05) is 43.3 Å². The van der Waals surface area contributed by atoms with Crippen molar-refractivity contribution in [1.29, 1.82) is 0 Å². The van der Waals surface area contributed by atoms with Gasteiger partial charge in [-0.2, -0.15) is 0 Å². The summed E-state index contributed by atoms with van der Waals surface area (Å²) in [5.74, 6) is 0.699. The topological polar surface area (TPSA) is 73.9 Å². The van der Waals surface area contributed by atoms with E-state index in [9.17, 15) is 9.59 Å². The minimum Gasteiger partial charge on any atom is -0.497 e. The molecule has 2 rings (SSSR count). The summed E-state index contributed by atoms with van der Waals surface area (Å²) in [6.45, 7) is 1.80. The third-order valence-corrected chi connectivity index (χ3v) is 3.67. The zero-order valence-corrected chi connectivity index (χ0v) is 13.8. The Bertz CT molecular complexity index is 562. The van der Waals surface area contributed by atoms with Crippen LogP contribution in [0.2, 0.25) is 0 Å². The summed E-state index contributed by atoms with van der Waals surface area (Å²) in [7, 11) is 5.48. The third-order valence-electron chi connectivity index (χ3n) is 3.67. The summed E-state index contributed by atoms with van der Waals surface area (Å²) in [4.78, 5) is 27.7. The molecule has 0 bridgehead atoms. The number of benzene rings is 1. The fourth-order valence-corrected chi connectivity index (χ4v) is 2.46. The Balaban J connectivity index is 1.88. The monoisotopic (exact) mass is 320 g/mol. The summed E-state index contributed by atoms with van der Waals surface area (Å²) in [6.07, 6.45) is 0.304. The first-order valence-corrected chi connectivity index (χ1v) is 7.63. The van der Waals surface area contributed by atoms with Crippen LogP contribution in [0.25, 0.3) is 0 Å². The van der Waals surface area contributed by atoms with E-state index >= 15 is 0 Å². The second kappa shape index (κ2) is 7.82. The first kappa shape index (κ1) is 17.1. The quantitative estimate of drug-likeness (QED) is 0.808. The van der Waals surface area contributed by atoms with Gasteiger partial charge in [-0.1, -0.05) is 6.07 Å². The van der Waals surface area contributed by atoms with E-state index in [2.05, 4.69) is 10.6 Å². The number of likely N-dealkylation sites (N-methyl/N-ethyl adjacent to an activating group) is 1. The number of amides is 3. The van der Waals surface area contributed by atoms with Gasteiger partial charge < -0.3 is 25.2 Å². The van der Waals surface area contributed by atoms with Crippen LogP contribution < -0.4 is 20.3 Å². The molecule has 1 fully saturated rings. The van der Waals surface area contributed by atoms with Crippen LogP contribution in [-0.2, 0) is 4.79 Å². The molecule has 1 saturated heterocycles. The maximum Gasteiger partial charge on any atom is 0.315 e. The van der Waals surface area contributed by atoms with Crippen LogP contribution in [0.15, 0.2) is 24.3 Å². The fourth-order valence-electron chi connectivity index (χ4n) is 2.46. The molecule has 1 aromatic rings. The van der Waals surface area contributed by atoms with Gasteiger partial charge >= 0.3 is 6.03 Å². The highest BCUT2D eigenvalue weighted by Gasteiger charge is 2.31. The van der Waals surface area contributed by atoms with E-state index in [0.29, 0.717) is 25.3 Å². The van der Waals surface area contributed by atoms with Crippen LogP contribution in [0.1, 0.15) is 6.42 Å². The molecule has 0 radical (unpaired) electrons. The van der Waals surface area contributed by atoms with Gasteiger partial charge in [0.05, 0.1) is 13.2 Å². The van der Waals surface area contributed by atoms with Gasteiger partial charge in [0.15, 0.2) is 0 Å². The lowest BCUT2D eigenvalue weighted by Gasteiger charge is -2.18. The maximum atomic E-state index is 12.2. The van der Waals surface area contributed by atoms with Gasteiger partial charge in [-0.15, -0.1) is 0 Å². The van der Waals surface area contributed by atoms with Crippen molar-refractivity contribution in [3.05, 3.63) is 24.3 Å². The Hall–Kier alpha value is -2.28. The molecule has 1 aliphatic rings. The lowest BCUT2D eigenvalue weighted by Crippen LogP contribution is -2.45. The van der Waals surface area contributed by atoms with Crippen LogP contribution >= 0.6 is 0 Å². The van der Waals surface area contributed by atoms with Crippen molar-refractivity contribution in [3.8, 4) is 5.75 Å². The lowest BCUT2D eigenvalue weighted by atomic mass is 10.2. The van der Waals surface area contributed by atoms with Gasteiger partial charge in [-0.25, -0.2) is 4.79 Å². The zero-order chi connectivity index (χ0) is 16.8. The number of methoxy groups -OCH3 is 1. The number of carbonyl (C=O) groups is 2. The molecule has 1 aromatic carbocycles. The second-order valence-electron chi connectivity index (χ2n) is 5.81. The molecule has 126 valence electrons. The van der Waals surface area contributed by atoms with Crippen molar-refractivity contribution in [1.82, 2.24) is 15.5 Å². The van der Waals surface area contributed by atoms with E-state index in [1.54, 1.807) is 12.0 Å². The average Bonchev–Trinajstić information content (AvgIpc) is 2.87. The summed E-state index contributed by atoms with van der Waals surface area (Å²) < 4.78 is 5.18. The van der Waals surface area contributed by atoms with Crippen LogP contribution in [0.3, 0.4) is 0 Å². The zero-order valence-electron chi connectivity index (χ0n) is 13.8. The highest BCUT2D eigenvalue weighted by atomic mass is 16.5. The third kappa shape index (κ3) is 4.85. The molecule has 1 unspecified atom stereocenters. The second-order valence-corrected chi connectivity index (χ2v) is 5.81. The molecule has 1 aliphatic heterocycles. The Morgan fingerprint density at radius 3 is 2.91 bits per heavy atom. The van der Waals surface area contributed by atoms with Crippen LogP contribution in [0.4, 0.5) is 10.5 Å². The standard InChI is InChI=1S/C16H24N4O3/c1-19(2)8-7-17-16(22)18-12-9-15(21)20(11-12)13-5-4-6-14(10-13)23-3/h4-6,10,12H,7-9,11H2,1-3H3,(H2,17,18,22). The number of urea groups is 1. The number of carbonyl (C=O) groups excluding carboxylic acids is 2. The van der Waals surface area contributed by atoms with E-state index < -0.39 is 0 Å². The van der Waals surface area contributed by atoms with Crippen LogP contribution in [-0.4, -0.2) is 63.7 Å². The van der Waals surface area contributed by atoms with E-state index in [1.165, 1.54) is 0 Å². The largest absolute Gasteiger partial charge is 0.497 e. The number of hydrogen-bond acceptors (Lipinski definition) is 4. The molecule has 3 amide bonds. The van der Waals surface area contributed by atoms with Gasteiger partial charge in [-0.05, 0) is 26.2 Å². The summed E-state index contributed by atoms with van der Waals surface area (Å²) in [6, 6.07) is 6.93. The molecule has 0 aliphatic carbocycles. The van der Waals surface area contributed by atoms with Crippen molar-refractivity contribution >= 4 is 17.6 Å². The molecule has 7 nitrogen and oxygen atoms in total. The van der Waals surface area contributed by atoms with Crippen LogP contribution in [0.5, 0.6) is 5.75 Å². The fraction of sp³-hybridized carbons (Fsp3) is 0.500. The number of hydrogen-bond donors (Lipinski definition) is 2. The lowest BCUT2D eigenvalue weighted by molar-refractivity contribution is -0.117. The highest BCUT2D eigenvalue weighted by molar-refractivity contribution is 5.97. The molecular formula is C16H24N4O3. The molecule has 0 saturated carbocycles. The highest BCUT2D eigenvalue weighted by Crippen LogP contribution is 2.25. The predicted molar refractivity (Wildman–Crippen MR) is 88.8 cm³/mol. The van der Waals surface area contributed by atoms with Crippen molar-refractivity contribution in [2.75, 3.05) is 45.7 Å². The van der Waals surface area contributed by atoms with E-state index in [-0.39, 0.29) is 18.0 Å². The molecule has 0 aromatic heterocycles. The summed E-state index contributed by atoms with van der Waals surface area (Å²) in [5, 5.41) is 5.64. The molecule has 2 N–H and O–H groups in total. The molecular weight excluding hydrogens is 296 g/mol. The van der Waals surface area contributed by atoms with Crippen LogP contribution in [0, 0.1) is 0 Å². The van der Waals surface area contributed by atoms with Gasteiger partial charge in [-0.3, -0.25) is 4.79 Å². The Labute approximate surface area is 136 Å². The first-order chi connectivity index (χ1) is 11.0. The Kier molecular flexibility index (Phi) is 5.81. The van der Waals surface area contributed by atoms with Gasteiger partial charge in [0.1, 0.15) is 5.75 Å². The number of rotatable bonds is 6. The smallest absolute Gasteiger partial charge is 0.315 e.